The summed E-state index contributed by atoms with van der Waals surface area (Å²) < 4.78 is 24.8. The minimum atomic E-state index is -3.13. The highest BCUT2D eigenvalue weighted by molar-refractivity contribution is 9.10. The van der Waals surface area contributed by atoms with Gasteiger partial charge in [0, 0.05) is 25.8 Å². The van der Waals surface area contributed by atoms with E-state index in [1.807, 2.05) is 37.4 Å². The molecule has 0 bridgehead atoms. The van der Waals surface area contributed by atoms with Gasteiger partial charge in [0.15, 0.2) is 0 Å². The summed E-state index contributed by atoms with van der Waals surface area (Å²) in [5.74, 6) is 0. The number of anilines is 1. The first-order valence-electron chi connectivity index (χ1n) is 5.34. The van der Waals surface area contributed by atoms with E-state index in [2.05, 4.69) is 25.6 Å². The third-order valence-electron chi connectivity index (χ3n) is 2.33. The molecule has 1 aromatic carbocycles. The van der Waals surface area contributed by atoms with Crippen molar-refractivity contribution in [1.29, 1.82) is 0 Å². The molecule has 0 amide bonds. The zero-order chi connectivity index (χ0) is 12.7. The molecule has 0 aliphatic heterocycles. The molecule has 0 atom stereocenters. The Bertz CT molecular complexity index is 422. The SMILES string of the molecule is CN(CCCNS(=O)(=O)CBr)c1ccccc1. The van der Waals surface area contributed by atoms with Crippen LogP contribution in [-0.2, 0) is 10.0 Å². The average molecular weight is 321 g/mol. The van der Waals surface area contributed by atoms with E-state index < -0.39 is 10.0 Å². The second-order valence-electron chi connectivity index (χ2n) is 3.73. The van der Waals surface area contributed by atoms with Crippen molar-refractivity contribution in [3.8, 4) is 0 Å². The molecule has 0 fully saturated rings. The number of hydrogen-bond acceptors (Lipinski definition) is 3. The quantitative estimate of drug-likeness (QED) is 0.615. The lowest BCUT2D eigenvalue weighted by molar-refractivity contribution is 0.584. The number of para-hydroxylation sites is 1. The van der Waals surface area contributed by atoms with Crippen molar-refractivity contribution in [3.63, 3.8) is 0 Å². The van der Waals surface area contributed by atoms with Crippen LogP contribution in [0.1, 0.15) is 6.42 Å². The first-order valence-corrected chi connectivity index (χ1v) is 8.12. The molecule has 0 unspecified atom stereocenters. The Morgan fingerprint density at radius 2 is 1.94 bits per heavy atom. The van der Waals surface area contributed by atoms with Crippen LogP contribution < -0.4 is 9.62 Å². The average Bonchev–Trinajstić information content (AvgIpc) is 2.35. The predicted molar refractivity (Wildman–Crippen MR) is 75.0 cm³/mol. The van der Waals surface area contributed by atoms with E-state index in [9.17, 15) is 8.42 Å². The molecular weight excluding hydrogens is 304 g/mol. The van der Waals surface area contributed by atoms with Gasteiger partial charge in [-0.05, 0) is 18.6 Å². The van der Waals surface area contributed by atoms with Crippen LogP contribution in [0.2, 0.25) is 0 Å². The third kappa shape index (κ3) is 5.52. The van der Waals surface area contributed by atoms with Crippen molar-refractivity contribution in [2.24, 2.45) is 0 Å². The topological polar surface area (TPSA) is 49.4 Å². The highest BCUT2D eigenvalue weighted by Gasteiger charge is 2.06. The number of nitrogens with one attached hydrogen (secondary N) is 1. The second kappa shape index (κ2) is 6.98. The molecule has 0 aromatic heterocycles. The van der Waals surface area contributed by atoms with Gasteiger partial charge in [-0.15, -0.1) is 0 Å². The van der Waals surface area contributed by atoms with Gasteiger partial charge in [0.05, 0.1) is 0 Å². The number of sulfonamides is 1. The lowest BCUT2D eigenvalue weighted by atomic mass is 10.3. The Morgan fingerprint density at radius 1 is 1.29 bits per heavy atom. The fourth-order valence-electron chi connectivity index (χ4n) is 1.39. The van der Waals surface area contributed by atoms with Crippen LogP contribution in [0.3, 0.4) is 0 Å². The number of alkyl halides is 1. The predicted octanol–water partition coefficient (Wildman–Crippen LogP) is 1.78. The van der Waals surface area contributed by atoms with E-state index in [0.29, 0.717) is 6.54 Å². The van der Waals surface area contributed by atoms with Crippen LogP contribution in [0.15, 0.2) is 30.3 Å². The van der Waals surface area contributed by atoms with Crippen LogP contribution in [0.25, 0.3) is 0 Å². The molecule has 6 heteroatoms. The molecule has 0 radical (unpaired) electrons. The van der Waals surface area contributed by atoms with E-state index in [1.54, 1.807) is 0 Å². The van der Waals surface area contributed by atoms with Gasteiger partial charge in [0.2, 0.25) is 10.0 Å². The van der Waals surface area contributed by atoms with Crippen molar-refractivity contribution in [3.05, 3.63) is 30.3 Å². The van der Waals surface area contributed by atoms with Crippen molar-refractivity contribution in [2.45, 2.75) is 6.42 Å². The molecule has 0 heterocycles. The minimum Gasteiger partial charge on any atom is -0.375 e. The van der Waals surface area contributed by atoms with Gasteiger partial charge in [0.1, 0.15) is 4.66 Å². The summed E-state index contributed by atoms with van der Waals surface area (Å²) in [7, 11) is -1.14. The molecule has 96 valence electrons. The Kier molecular flexibility index (Phi) is 5.94. The van der Waals surface area contributed by atoms with Crippen LogP contribution in [0.5, 0.6) is 0 Å². The molecule has 1 rings (SSSR count). The molecule has 4 nitrogen and oxygen atoms in total. The van der Waals surface area contributed by atoms with Crippen molar-refractivity contribution >= 4 is 31.6 Å². The highest BCUT2D eigenvalue weighted by atomic mass is 79.9. The largest absolute Gasteiger partial charge is 0.375 e. The Balaban J connectivity index is 2.28. The molecule has 1 N–H and O–H groups in total. The maximum absolute atomic E-state index is 11.1. The van der Waals surface area contributed by atoms with E-state index in [0.717, 1.165) is 18.7 Å². The van der Waals surface area contributed by atoms with Gasteiger partial charge in [-0.2, -0.15) is 0 Å². The van der Waals surface area contributed by atoms with E-state index >= 15 is 0 Å². The van der Waals surface area contributed by atoms with Crippen LogP contribution in [0, 0.1) is 0 Å². The van der Waals surface area contributed by atoms with E-state index in [1.165, 1.54) is 0 Å². The summed E-state index contributed by atoms with van der Waals surface area (Å²) >= 11 is 2.93. The van der Waals surface area contributed by atoms with E-state index in [4.69, 9.17) is 0 Å². The third-order valence-corrected chi connectivity index (χ3v) is 5.07. The Morgan fingerprint density at radius 3 is 2.53 bits per heavy atom. The molecule has 1 aromatic rings. The maximum Gasteiger partial charge on any atom is 0.221 e. The maximum atomic E-state index is 11.1. The van der Waals surface area contributed by atoms with E-state index in [-0.39, 0.29) is 4.66 Å². The Labute approximate surface area is 111 Å². The second-order valence-corrected chi connectivity index (χ2v) is 6.84. The Hall–Kier alpha value is -0.590. The highest BCUT2D eigenvalue weighted by Crippen LogP contribution is 2.10. The summed E-state index contributed by atoms with van der Waals surface area (Å²) in [6.45, 7) is 1.28. The summed E-state index contributed by atoms with van der Waals surface area (Å²) in [5.41, 5.74) is 1.14. The van der Waals surface area contributed by atoms with Gasteiger partial charge >= 0.3 is 0 Å². The van der Waals surface area contributed by atoms with Crippen molar-refractivity contribution in [1.82, 2.24) is 4.72 Å². The lowest BCUT2D eigenvalue weighted by Gasteiger charge is -2.19. The first-order chi connectivity index (χ1) is 8.05. The minimum absolute atomic E-state index is 0.0471. The van der Waals surface area contributed by atoms with Gasteiger partial charge in [-0.3, -0.25) is 0 Å². The monoisotopic (exact) mass is 320 g/mol. The number of halogens is 1. The molecule has 17 heavy (non-hydrogen) atoms. The fourth-order valence-corrected chi connectivity index (χ4v) is 2.41. The number of rotatable bonds is 7. The lowest BCUT2D eigenvalue weighted by Crippen LogP contribution is -2.28. The van der Waals surface area contributed by atoms with Gasteiger partial charge in [0.25, 0.3) is 0 Å². The number of hydrogen-bond donors (Lipinski definition) is 1. The summed E-state index contributed by atoms with van der Waals surface area (Å²) in [6, 6.07) is 10.0. The molecule has 0 saturated heterocycles. The standard InChI is InChI=1S/C11H17BrN2O2S/c1-14(11-6-3-2-4-7-11)9-5-8-13-17(15,16)10-12/h2-4,6-7,13H,5,8-10H2,1H3. The van der Waals surface area contributed by atoms with Crippen molar-refractivity contribution < 1.29 is 8.42 Å². The van der Waals surface area contributed by atoms with Gasteiger partial charge in [-0.1, -0.05) is 34.1 Å². The summed E-state index contributed by atoms with van der Waals surface area (Å²) in [4.78, 5) is 2.10. The fraction of sp³-hybridized carbons (Fsp3) is 0.455. The van der Waals surface area contributed by atoms with Gasteiger partial charge in [-0.25, -0.2) is 13.1 Å². The first kappa shape index (κ1) is 14.5. The van der Waals surface area contributed by atoms with Crippen LogP contribution in [-0.4, -0.2) is 33.2 Å². The smallest absolute Gasteiger partial charge is 0.221 e. The van der Waals surface area contributed by atoms with Crippen LogP contribution in [0.4, 0.5) is 5.69 Å². The zero-order valence-electron chi connectivity index (χ0n) is 9.77. The van der Waals surface area contributed by atoms with Crippen molar-refractivity contribution in [2.75, 3.05) is 29.7 Å². The normalized spacial score (nSPS) is 11.4. The summed E-state index contributed by atoms with van der Waals surface area (Å²) in [5, 5.41) is 0. The molecule has 0 aliphatic rings. The molecule has 0 spiro atoms. The molecule has 0 saturated carbocycles. The summed E-state index contributed by atoms with van der Waals surface area (Å²) in [6.07, 6.45) is 0.775. The van der Waals surface area contributed by atoms with Gasteiger partial charge < -0.3 is 4.90 Å². The van der Waals surface area contributed by atoms with Crippen LogP contribution >= 0.6 is 15.9 Å². The number of nitrogens with zero attached hydrogens (tertiary/aromatic N) is 1. The molecule has 0 aliphatic carbocycles. The number of benzene rings is 1. The zero-order valence-corrected chi connectivity index (χ0v) is 12.2. The molecular formula is C11H17BrN2O2S.